The minimum atomic E-state index is -0.207. The number of hydrogen-bond donors (Lipinski definition) is 1. The van der Waals surface area contributed by atoms with Crippen LogP contribution in [0.1, 0.15) is 25.7 Å². The van der Waals surface area contributed by atoms with E-state index >= 15 is 0 Å². The SMILES string of the molecule is CN(SON1CCC(C(O)I)CC1)C1CC1.S. The second-order valence-corrected chi connectivity index (χ2v) is 6.72. The first-order valence-electron chi connectivity index (χ1n) is 5.81. The molecule has 2 fully saturated rings. The van der Waals surface area contributed by atoms with Crippen LogP contribution in [-0.4, -0.2) is 44.8 Å². The molecule has 2 aliphatic rings. The Morgan fingerprint density at radius 2 is 1.94 bits per heavy atom. The van der Waals surface area contributed by atoms with Gasteiger partial charge < -0.3 is 5.11 Å². The molecular formula is C10H21IN2O2S2. The smallest absolute Gasteiger partial charge is 0.108 e. The van der Waals surface area contributed by atoms with E-state index in [0.29, 0.717) is 5.92 Å². The van der Waals surface area contributed by atoms with E-state index in [-0.39, 0.29) is 17.6 Å². The van der Waals surface area contributed by atoms with E-state index in [4.69, 9.17) is 4.28 Å². The van der Waals surface area contributed by atoms with Crippen molar-refractivity contribution in [2.75, 3.05) is 20.1 Å². The van der Waals surface area contributed by atoms with Crippen LogP contribution in [0.4, 0.5) is 0 Å². The Balaban J connectivity index is 0.00000144. The molecule has 1 heterocycles. The predicted octanol–water partition coefficient (Wildman–Crippen LogP) is 2.15. The van der Waals surface area contributed by atoms with E-state index in [2.05, 4.69) is 33.9 Å². The average Bonchev–Trinajstić information content (AvgIpc) is 3.10. The van der Waals surface area contributed by atoms with E-state index < -0.39 is 0 Å². The van der Waals surface area contributed by atoms with Crippen LogP contribution in [0.25, 0.3) is 0 Å². The zero-order valence-corrected chi connectivity index (χ0v) is 14.0. The maximum absolute atomic E-state index is 9.48. The minimum absolute atomic E-state index is 0. The van der Waals surface area contributed by atoms with Gasteiger partial charge in [0, 0.05) is 19.1 Å². The highest BCUT2D eigenvalue weighted by atomic mass is 127. The molecule has 0 spiro atoms. The number of aliphatic hydroxyl groups is 1. The molecule has 1 aliphatic heterocycles. The molecular weight excluding hydrogens is 371 g/mol. The maximum Gasteiger partial charge on any atom is 0.108 e. The fraction of sp³-hybridized carbons (Fsp3) is 1.00. The monoisotopic (exact) mass is 392 g/mol. The third kappa shape index (κ3) is 5.42. The normalized spacial score (nSPS) is 24.7. The standard InChI is InChI=1S/C10H19IN2O2S.H2S/c1-12(9-2-3-9)16-15-13-6-4-8(5-7-13)10(11)14;/h8-10,14H,2-7H2,1H3;1H2. The summed E-state index contributed by atoms with van der Waals surface area (Å²) in [5.74, 6) is 0.437. The second-order valence-electron chi connectivity index (χ2n) is 4.57. The zero-order valence-electron chi connectivity index (χ0n) is 10.0. The minimum Gasteiger partial charge on any atom is -0.382 e. The number of hydrogen-bond acceptors (Lipinski definition) is 5. The van der Waals surface area contributed by atoms with Gasteiger partial charge in [0.25, 0.3) is 0 Å². The number of hydroxylamine groups is 2. The van der Waals surface area contributed by atoms with E-state index in [1.807, 2.05) is 5.06 Å². The second kappa shape index (κ2) is 7.76. The van der Waals surface area contributed by atoms with Gasteiger partial charge in [-0.05, 0) is 38.6 Å². The molecule has 0 aromatic heterocycles. The lowest BCUT2D eigenvalue weighted by Crippen LogP contribution is -2.35. The molecule has 7 heteroatoms. The Hall–Kier alpha value is 1.27. The molecule has 1 atom stereocenters. The van der Waals surface area contributed by atoms with Crippen molar-refractivity contribution in [1.29, 1.82) is 0 Å². The number of rotatable bonds is 5. The van der Waals surface area contributed by atoms with Crippen molar-refractivity contribution in [1.82, 2.24) is 9.37 Å². The van der Waals surface area contributed by atoms with Crippen LogP contribution >= 0.6 is 48.3 Å². The lowest BCUT2D eigenvalue weighted by atomic mass is 9.99. The highest BCUT2D eigenvalue weighted by Gasteiger charge is 2.29. The number of halogens is 1. The van der Waals surface area contributed by atoms with Crippen molar-refractivity contribution in [3.05, 3.63) is 0 Å². The quantitative estimate of drug-likeness (QED) is 0.336. The summed E-state index contributed by atoms with van der Waals surface area (Å²) in [6.07, 6.45) is 4.65. The van der Waals surface area contributed by atoms with Gasteiger partial charge in [-0.1, -0.05) is 22.6 Å². The molecule has 2 rings (SSSR count). The van der Waals surface area contributed by atoms with Crippen LogP contribution in [0.3, 0.4) is 0 Å². The van der Waals surface area contributed by atoms with Gasteiger partial charge in [-0.3, -0.25) is 0 Å². The van der Waals surface area contributed by atoms with Crippen LogP contribution in [0, 0.1) is 5.92 Å². The number of aliphatic hydroxyl groups excluding tert-OH is 1. The van der Waals surface area contributed by atoms with Crippen LogP contribution in [0.2, 0.25) is 0 Å². The van der Waals surface area contributed by atoms with Gasteiger partial charge in [0.1, 0.15) is 16.3 Å². The first kappa shape index (κ1) is 16.3. The largest absolute Gasteiger partial charge is 0.382 e. The molecule has 17 heavy (non-hydrogen) atoms. The summed E-state index contributed by atoms with van der Waals surface area (Å²) >= 11 is 3.56. The molecule has 102 valence electrons. The Morgan fingerprint density at radius 1 is 1.35 bits per heavy atom. The van der Waals surface area contributed by atoms with Crippen LogP contribution in [0.15, 0.2) is 0 Å². The van der Waals surface area contributed by atoms with Crippen molar-refractivity contribution in [3.8, 4) is 0 Å². The molecule has 1 saturated heterocycles. The van der Waals surface area contributed by atoms with Gasteiger partial charge in [0.05, 0.1) is 0 Å². The van der Waals surface area contributed by atoms with E-state index in [1.54, 1.807) is 0 Å². The summed E-state index contributed by atoms with van der Waals surface area (Å²) < 4.78 is 7.65. The van der Waals surface area contributed by atoms with Crippen LogP contribution < -0.4 is 0 Å². The molecule has 1 aliphatic carbocycles. The summed E-state index contributed by atoms with van der Waals surface area (Å²) in [7, 11) is 2.09. The Kier molecular flexibility index (Phi) is 7.45. The van der Waals surface area contributed by atoms with Gasteiger partial charge >= 0.3 is 0 Å². The van der Waals surface area contributed by atoms with Crippen LogP contribution in [-0.2, 0) is 4.28 Å². The van der Waals surface area contributed by atoms with Crippen molar-refractivity contribution < 1.29 is 9.39 Å². The lowest BCUT2D eigenvalue weighted by Gasteiger charge is -2.31. The number of nitrogens with zero attached hydrogens (tertiary/aromatic N) is 2. The topological polar surface area (TPSA) is 35.9 Å². The molecule has 1 N–H and O–H groups in total. The van der Waals surface area contributed by atoms with Crippen molar-refractivity contribution >= 4 is 48.3 Å². The molecule has 0 amide bonds. The molecule has 0 aromatic carbocycles. The summed E-state index contributed by atoms with van der Waals surface area (Å²) in [6, 6.07) is 0.721. The first-order valence-corrected chi connectivity index (χ1v) is 7.76. The van der Waals surface area contributed by atoms with Crippen molar-refractivity contribution in [2.24, 2.45) is 5.92 Å². The maximum atomic E-state index is 9.48. The molecule has 1 saturated carbocycles. The summed E-state index contributed by atoms with van der Waals surface area (Å²) in [5, 5.41) is 11.5. The number of alkyl halides is 1. The fourth-order valence-corrected chi connectivity index (χ4v) is 3.22. The summed E-state index contributed by atoms with van der Waals surface area (Å²) in [6.45, 7) is 1.85. The first-order chi connectivity index (χ1) is 7.66. The van der Waals surface area contributed by atoms with E-state index in [9.17, 15) is 5.11 Å². The fourth-order valence-electron chi connectivity index (χ4n) is 1.82. The summed E-state index contributed by atoms with van der Waals surface area (Å²) in [5.41, 5.74) is 0. The third-order valence-corrected chi connectivity index (χ3v) is 5.03. The average molecular weight is 392 g/mol. The lowest BCUT2D eigenvalue weighted by molar-refractivity contribution is -0.0723. The molecule has 0 radical (unpaired) electrons. The molecule has 0 aromatic rings. The van der Waals surface area contributed by atoms with Crippen LogP contribution in [0.5, 0.6) is 0 Å². The molecule has 1 unspecified atom stereocenters. The Labute approximate surface area is 128 Å². The molecule has 0 bridgehead atoms. The molecule has 4 nitrogen and oxygen atoms in total. The third-order valence-electron chi connectivity index (χ3n) is 3.20. The van der Waals surface area contributed by atoms with Gasteiger partial charge in [-0.25, -0.2) is 8.59 Å². The van der Waals surface area contributed by atoms with Gasteiger partial charge in [0.2, 0.25) is 0 Å². The zero-order chi connectivity index (χ0) is 11.5. The van der Waals surface area contributed by atoms with Crippen molar-refractivity contribution in [2.45, 2.75) is 35.8 Å². The highest BCUT2D eigenvalue weighted by molar-refractivity contribution is 14.1. The van der Waals surface area contributed by atoms with Crippen molar-refractivity contribution in [3.63, 3.8) is 0 Å². The highest BCUT2D eigenvalue weighted by Crippen LogP contribution is 2.32. The Morgan fingerprint density at radius 3 is 2.41 bits per heavy atom. The van der Waals surface area contributed by atoms with E-state index in [1.165, 1.54) is 25.1 Å². The van der Waals surface area contributed by atoms with Gasteiger partial charge in [0.15, 0.2) is 0 Å². The summed E-state index contributed by atoms with van der Waals surface area (Å²) in [4.78, 5) is 0. The predicted molar refractivity (Wildman–Crippen MR) is 84.2 cm³/mol. The Bertz CT molecular complexity index is 224. The van der Waals surface area contributed by atoms with Gasteiger partial charge in [-0.2, -0.15) is 18.6 Å². The number of piperidine rings is 1. The van der Waals surface area contributed by atoms with Gasteiger partial charge in [-0.15, -0.1) is 0 Å². The van der Waals surface area contributed by atoms with E-state index in [0.717, 1.165) is 32.0 Å².